The Balaban J connectivity index is 2.17. The fraction of sp³-hybridized carbons (Fsp3) is 0.0714. The molecule has 0 spiro atoms. The first-order valence-electron chi connectivity index (χ1n) is 5.53. The molecule has 2 N–H and O–H groups in total. The van der Waals surface area contributed by atoms with Crippen LogP contribution < -0.4 is 10.5 Å². The van der Waals surface area contributed by atoms with E-state index in [9.17, 15) is 8.78 Å². The first-order chi connectivity index (χ1) is 9.08. The normalized spacial score (nSPS) is 10.2. The number of nitrogens with two attached hydrogens (primary N) is 1. The third-order valence-electron chi connectivity index (χ3n) is 2.56. The Labute approximate surface area is 114 Å². The number of halogens is 2. The van der Waals surface area contributed by atoms with Gasteiger partial charge < -0.3 is 10.5 Å². The van der Waals surface area contributed by atoms with Crippen LogP contribution in [0.25, 0.3) is 0 Å². The van der Waals surface area contributed by atoms with Crippen LogP contribution in [0, 0.1) is 11.6 Å². The van der Waals surface area contributed by atoms with Crippen LogP contribution in [-0.4, -0.2) is 4.99 Å². The van der Waals surface area contributed by atoms with Crippen molar-refractivity contribution in [3.8, 4) is 5.75 Å². The van der Waals surface area contributed by atoms with Gasteiger partial charge in [0.15, 0.2) is 11.6 Å². The van der Waals surface area contributed by atoms with Crippen LogP contribution in [0.4, 0.5) is 8.78 Å². The molecule has 0 unspecified atom stereocenters. The van der Waals surface area contributed by atoms with Gasteiger partial charge in [0.2, 0.25) is 0 Å². The van der Waals surface area contributed by atoms with Crippen molar-refractivity contribution in [2.75, 3.05) is 0 Å². The Hall–Kier alpha value is -2.01. The lowest BCUT2D eigenvalue weighted by molar-refractivity contribution is 0.289. The summed E-state index contributed by atoms with van der Waals surface area (Å²) in [5.41, 5.74) is 7.01. The van der Waals surface area contributed by atoms with E-state index in [0.717, 1.165) is 17.7 Å². The Kier molecular flexibility index (Phi) is 4.06. The summed E-state index contributed by atoms with van der Waals surface area (Å²) in [4.78, 5) is 0.249. The molecule has 5 heteroatoms. The first-order valence-corrected chi connectivity index (χ1v) is 5.94. The molecule has 0 saturated carbocycles. The van der Waals surface area contributed by atoms with Crippen molar-refractivity contribution in [1.29, 1.82) is 0 Å². The zero-order chi connectivity index (χ0) is 13.8. The maximum atomic E-state index is 13.4. The van der Waals surface area contributed by atoms with Crippen molar-refractivity contribution >= 4 is 17.2 Å². The highest BCUT2D eigenvalue weighted by molar-refractivity contribution is 7.80. The number of ether oxygens (including phenoxy) is 1. The molecule has 2 nitrogen and oxygen atoms in total. The van der Waals surface area contributed by atoms with E-state index in [1.807, 2.05) is 6.07 Å². The third kappa shape index (κ3) is 3.26. The van der Waals surface area contributed by atoms with Gasteiger partial charge in [0.1, 0.15) is 17.4 Å². The largest absolute Gasteiger partial charge is 0.486 e. The molecule has 0 aromatic heterocycles. The number of rotatable bonds is 4. The van der Waals surface area contributed by atoms with Gasteiger partial charge >= 0.3 is 0 Å². The monoisotopic (exact) mass is 279 g/mol. The van der Waals surface area contributed by atoms with Gasteiger partial charge in [-0.3, -0.25) is 0 Å². The van der Waals surface area contributed by atoms with Gasteiger partial charge in [0, 0.05) is 11.6 Å². The van der Waals surface area contributed by atoms with Crippen LogP contribution in [-0.2, 0) is 6.61 Å². The summed E-state index contributed by atoms with van der Waals surface area (Å²) in [6.07, 6.45) is 0. The smallest absolute Gasteiger partial charge is 0.167 e. The average molecular weight is 279 g/mol. The molecule has 2 rings (SSSR count). The zero-order valence-electron chi connectivity index (χ0n) is 9.90. The lowest BCUT2D eigenvalue weighted by atomic mass is 10.1. The minimum Gasteiger partial charge on any atom is -0.486 e. The molecule has 0 heterocycles. The molecule has 0 aliphatic carbocycles. The summed E-state index contributed by atoms with van der Waals surface area (Å²) in [5.74, 6) is -1.40. The summed E-state index contributed by atoms with van der Waals surface area (Å²) in [6.45, 7) is 0.107. The molecule has 2 aromatic carbocycles. The van der Waals surface area contributed by atoms with E-state index in [2.05, 4.69) is 0 Å². The topological polar surface area (TPSA) is 35.2 Å². The van der Waals surface area contributed by atoms with Crippen molar-refractivity contribution in [2.45, 2.75) is 6.61 Å². The second-order valence-electron chi connectivity index (χ2n) is 3.88. The fourth-order valence-corrected chi connectivity index (χ4v) is 1.83. The highest BCUT2D eigenvalue weighted by atomic mass is 32.1. The van der Waals surface area contributed by atoms with E-state index in [4.69, 9.17) is 22.7 Å². The quantitative estimate of drug-likeness (QED) is 0.873. The number of thiocarbonyl (C=S) groups is 1. The molecule has 19 heavy (non-hydrogen) atoms. The maximum absolute atomic E-state index is 13.4. The Bertz CT molecular complexity index is 616. The van der Waals surface area contributed by atoms with Crippen molar-refractivity contribution in [1.82, 2.24) is 0 Å². The lowest BCUT2D eigenvalue weighted by Crippen LogP contribution is -2.13. The van der Waals surface area contributed by atoms with Gasteiger partial charge in [0.05, 0.1) is 0 Å². The molecule has 0 aliphatic rings. The highest BCUT2D eigenvalue weighted by Gasteiger charge is 2.08. The van der Waals surface area contributed by atoms with Crippen molar-refractivity contribution in [3.05, 3.63) is 65.2 Å². The van der Waals surface area contributed by atoms with Crippen LogP contribution >= 0.6 is 12.2 Å². The molecule has 0 atom stereocenters. The van der Waals surface area contributed by atoms with Crippen LogP contribution in [0.1, 0.15) is 11.1 Å². The molecule has 0 fully saturated rings. The van der Waals surface area contributed by atoms with E-state index < -0.39 is 11.6 Å². The van der Waals surface area contributed by atoms with Crippen LogP contribution in [0.15, 0.2) is 42.5 Å². The van der Waals surface area contributed by atoms with Crippen LogP contribution in [0.2, 0.25) is 0 Å². The van der Waals surface area contributed by atoms with E-state index in [0.29, 0.717) is 5.56 Å². The first kappa shape index (κ1) is 13.4. The minimum absolute atomic E-state index is 0.0147. The predicted molar refractivity (Wildman–Crippen MR) is 73.0 cm³/mol. The molecule has 2 aromatic rings. The summed E-state index contributed by atoms with van der Waals surface area (Å²) >= 11 is 4.92. The second-order valence-corrected chi connectivity index (χ2v) is 4.32. The fourth-order valence-electron chi connectivity index (χ4n) is 1.63. The molecular weight excluding hydrogens is 268 g/mol. The maximum Gasteiger partial charge on any atom is 0.167 e. The van der Waals surface area contributed by atoms with Crippen molar-refractivity contribution in [3.63, 3.8) is 0 Å². The summed E-state index contributed by atoms with van der Waals surface area (Å²) < 4.78 is 31.5. The molecular formula is C14H11F2NOS. The minimum atomic E-state index is -0.743. The van der Waals surface area contributed by atoms with Gasteiger partial charge in [0.25, 0.3) is 0 Å². The summed E-state index contributed by atoms with van der Waals surface area (Å²) in [7, 11) is 0. The van der Waals surface area contributed by atoms with E-state index >= 15 is 0 Å². The second kappa shape index (κ2) is 5.75. The molecule has 0 amide bonds. The number of hydrogen-bond donors (Lipinski definition) is 1. The standard InChI is InChI=1S/C14H11F2NOS/c15-10-5-6-13(12(16)7-10)18-8-9-3-1-2-4-11(9)14(17)19/h1-7H,8H2,(H2,17,19). The molecule has 0 aliphatic heterocycles. The van der Waals surface area contributed by atoms with Crippen molar-refractivity contribution in [2.24, 2.45) is 5.73 Å². The van der Waals surface area contributed by atoms with E-state index in [1.165, 1.54) is 6.07 Å². The van der Waals surface area contributed by atoms with Crippen LogP contribution in [0.5, 0.6) is 5.75 Å². The van der Waals surface area contributed by atoms with Crippen LogP contribution in [0.3, 0.4) is 0 Å². The van der Waals surface area contributed by atoms with Gasteiger partial charge in [-0.2, -0.15) is 0 Å². The van der Waals surface area contributed by atoms with Gasteiger partial charge in [-0.1, -0.05) is 36.5 Å². The Morgan fingerprint density at radius 2 is 1.89 bits per heavy atom. The molecule has 0 bridgehead atoms. The highest BCUT2D eigenvalue weighted by Crippen LogP contribution is 2.20. The Morgan fingerprint density at radius 1 is 1.16 bits per heavy atom. The van der Waals surface area contributed by atoms with Gasteiger partial charge in [-0.25, -0.2) is 8.78 Å². The lowest BCUT2D eigenvalue weighted by Gasteiger charge is -2.10. The molecule has 0 saturated heterocycles. The van der Waals surface area contributed by atoms with Gasteiger partial charge in [-0.15, -0.1) is 0 Å². The zero-order valence-corrected chi connectivity index (χ0v) is 10.7. The predicted octanol–water partition coefficient (Wildman–Crippen LogP) is 3.18. The van der Waals surface area contributed by atoms with Crippen molar-refractivity contribution < 1.29 is 13.5 Å². The van der Waals surface area contributed by atoms with E-state index in [-0.39, 0.29) is 17.3 Å². The summed E-state index contributed by atoms with van der Waals surface area (Å²) in [6, 6.07) is 10.3. The molecule has 98 valence electrons. The number of hydrogen-bond acceptors (Lipinski definition) is 2. The number of benzene rings is 2. The Morgan fingerprint density at radius 3 is 2.58 bits per heavy atom. The summed E-state index contributed by atoms with van der Waals surface area (Å²) in [5, 5.41) is 0. The van der Waals surface area contributed by atoms with Gasteiger partial charge in [-0.05, 0) is 17.7 Å². The molecule has 0 radical (unpaired) electrons. The van der Waals surface area contributed by atoms with E-state index in [1.54, 1.807) is 18.2 Å². The third-order valence-corrected chi connectivity index (χ3v) is 2.78. The SMILES string of the molecule is NC(=S)c1ccccc1COc1ccc(F)cc1F. The average Bonchev–Trinajstić information content (AvgIpc) is 2.38.